The molecule has 130 valence electrons. The van der Waals surface area contributed by atoms with Gasteiger partial charge in [0, 0.05) is 29.7 Å². The zero-order chi connectivity index (χ0) is 17.6. The predicted molar refractivity (Wildman–Crippen MR) is 92.7 cm³/mol. The lowest BCUT2D eigenvalue weighted by Gasteiger charge is -2.23. The quantitative estimate of drug-likeness (QED) is 0.837. The molecule has 25 heavy (non-hydrogen) atoms. The molecule has 3 saturated heterocycles. The third kappa shape index (κ3) is 2.83. The highest BCUT2D eigenvalue weighted by atomic mass is 35.5. The van der Waals surface area contributed by atoms with Gasteiger partial charge < -0.3 is 15.1 Å². The number of fused-ring (bicyclic) bond motifs is 2. The maximum absolute atomic E-state index is 12.6. The molecule has 2 bridgehead atoms. The van der Waals surface area contributed by atoms with Crippen molar-refractivity contribution in [3.8, 4) is 6.19 Å². The Balaban J connectivity index is 1.41. The van der Waals surface area contributed by atoms with Crippen molar-refractivity contribution < 1.29 is 9.59 Å². The summed E-state index contributed by atoms with van der Waals surface area (Å²) < 4.78 is 0. The third-order valence-corrected chi connectivity index (χ3v) is 5.83. The van der Waals surface area contributed by atoms with Gasteiger partial charge in [-0.25, -0.2) is 0 Å². The minimum absolute atomic E-state index is 0.0150. The van der Waals surface area contributed by atoms with Gasteiger partial charge >= 0.3 is 0 Å². The summed E-state index contributed by atoms with van der Waals surface area (Å²) in [6.07, 6.45) is 5.25. The number of nitriles is 1. The molecule has 4 atom stereocenters. The first-order chi connectivity index (χ1) is 12.1. The molecule has 1 aromatic rings. The van der Waals surface area contributed by atoms with Crippen molar-refractivity contribution in [3.05, 3.63) is 29.3 Å². The van der Waals surface area contributed by atoms with Crippen molar-refractivity contribution >= 4 is 29.1 Å². The Morgan fingerprint density at radius 2 is 2.20 bits per heavy atom. The molecule has 3 fully saturated rings. The largest absolute Gasteiger partial charge is 0.351 e. The van der Waals surface area contributed by atoms with Crippen LogP contribution in [0.2, 0.25) is 5.02 Å². The van der Waals surface area contributed by atoms with Crippen molar-refractivity contribution in [3.63, 3.8) is 0 Å². The number of carbonyl (C=O) groups excluding carboxylic acids is 2. The first-order valence-electron chi connectivity index (χ1n) is 8.61. The van der Waals surface area contributed by atoms with Gasteiger partial charge in [0.2, 0.25) is 11.8 Å². The lowest BCUT2D eigenvalue weighted by atomic mass is 9.94. The van der Waals surface area contributed by atoms with Crippen molar-refractivity contribution in [2.45, 2.75) is 43.8 Å². The lowest BCUT2D eigenvalue weighted by Crippen LogP contribution is -2.46. The van der Waals surface area contributed by atoms with E-state index in [1.165, 1.54) is 0 Å². The highest BCUT2D eigenvalue weighted by Crippen LogP contribution is 2.37. The van der Waals surface area contributed by atoms with Crippen molar-refractivity contribution in [1.29, 1.82) is 5.26 Å². The van der Waals surface area contributed by atoms with Gasteiger partial charge in [-0.15, -0.1) is 0 Å². The minimum atomic E-state index is -0.360. The van der Waals surface area contributed by atoms with Crippen LogP contribution in [-0.2, 0) is 9.59 Å². The van der Waals surface area contributed by atoms with Crippen LogP contribution in [0.25, 0.3) is 0 Å². The second kappa shape index (κ2) is 6.23. The fourth-order valence-corrected chi connectivity index (χ4v) is 4.56. The van der Waals surface area contributed by atoms with Crippen LogP contribution in [0.3, 0.4) is 0 Å². The Kier molecular flexibility index (Phi) is 4.04. The van der Waals surface area contributed by atoms with Gasteiger partial charge in [0.15, 0.2) is 6.19 Å². The molecule has 6 nitrogen and oxygen atoms in total. The SMILES string of the molecule is N#CN1C2CCC1C(NC(=O)[C@H]1CC(=O)N(c3cccc(Cl)c3)C1)C2. The van der Waals surface area contributed by atoms with Gasteiger partial charge in [-0.3, -0.25) is 9.59 Å². The third-order valence-electron chi connectivity index (χ3n) is 5.60. The van der Waals surface area contributed by atoms with Gasteiger partial charge in [0.05, 0.1) is 18.0 Å². The Morgan fingerprint density at radius 3 is 2.92 bits per heavy atom. The van der Waals surface area contributed by atoms with Crippen LogP contribution in [0, 0.1) is 17.4 Å². The van der Waals surface area contributed by atoms with E-state index in [1.54, 1.807) is 23.1 Å². The molecule has 7 heteroatoms. The standard InChI is InChI=1S/C18H19ClN4O2/c19-12-2-1-3-13(7-12)22-9-11(6-17(22)24)18(25)21-15-8-14-4-5-16(15)23(14)10-20/h1-3,7,11,14-16H,4-6,8-9H2,(H,21,25)/t11-,14?,15?,16?/m0/s1. The van der Waals surface area contributed by atoms with E-state index in [0.717, 1.165) is 24.9 Å². The fourth-order valence-electron chi connectivity index (χ4n) is 4.38. The summed E-state index contributed by atoms with van der Waals surface area (Å²) in [5.74, 6) is -0.511. The van der Waals surface area contributed by atoms with Gasteiger partial charge in [-0.1, -0.05) is 17.7 Å². The van der Waals surface area contributed by atoms with E-state index >= 15 is 0 Å². The van der Waals surface area contributed by atoms with E-state index in [1.807, 2.05) is 11.0 Å². The average molecular weight is 359 g/mol. The van der Waals surface area contributed by atoms with Gasteiger partial charge in [0.1, 0.15) is 0 Å². The molecule has 1 N–H and O–H groups in total. The number of benzene rings is 1. The maximum Gasteiger partial charge on any atom is 0.227 e. The molecule has 0 aliphatic carbocycles. The summed E-state index contributed by atoms with van der Waals surface area (Å²) in [7, 11) is 0. The van der Waals surface area contributed by atoms with E-state index in [4.69, 9.17) is 11.6 Å². The monoisotopic (exact) mass is 358 g/mol. The van der Waals surface area contributed by atoms with Crippen molar-refractivity contribution in [2.24, 2.45) is 5.92 Å². The summed E-state index contributed by atoms with van der Waals surface area (Å²) in [6.45, 7) is 0.369. The number of hydrogen-bond donors (Lipinski definition) is 1. The fraction of sp³-hybridized carbons (Fsp3) is 0.500. The number of rotatable bonds is 3. The van der Waals surface area contributed by atoms with Crippen molar-refractivity contribution in [2.75, 3.05) is 11.4 Å². The molecule has 3 unspecified atom stereocenters. The van der Waals surface area contributed by atoms with Crippen LogP contribution in [0.5, 0.6) is 0 Å². The molecule has 0 saturated carbocycles. The molecule has 0 spiro atoms. The van der Waals surface area contributed by atoms with Gasteiger partial charge in [-0.2, -0.15) is 5.26 Å². The topological polar surface area (TPSA) is 76.4 Å². The average Bonchev–Trinajstić information content (AvgIpc) is 3.26. The summed E-state index contributed by atoms with van der Waals surface area (Å²) in [6, 6.07) is 7.50. The van der Waals surface area contributed by atoms with E-state index in [2.05, 4.69) is 11.5 Å². The number of anilines is 1. The molecule has 1 aromatic carbocycles. The summed E-state index contributed by atoms with van der Waals surface area (Å²) in [5.41, 5.74) is 0.725. The number of amides is 2. The molecule has 0 aromatic heterocycles. The maximum atomic E-state index is 12.6. The number of hydrogen-bond acceptors (Lipinski definition) is 4. The highest BCUT2D eigenvalue weighted by Gasteiger charge is 2.47. The van der Waals surface area contributed by atoms with E-state index in [9.17, 15) is 14.9 Å². The van der Waals surface area contributed by atoms with Gasteiger partial charge in [-0.05, 0) is 37.5 Å². The molecular weight excluding hydrogens is 340 g/mol. The van der Waals surface area contributed by atoms with Crippen LogP contribution in [0.4, 0.5) is 5.69 Å². The first kappa shape index (κ1) is 16.2. The number of nitrogens with zero attached hydrogens (tertiary/aromatic N) is 3. The molecule has 4 rings (SSSR count). The molecule has 2 amide bonds. The Morgan fingerprint density at radius 1 is 1.36 bits per heavy atom. The van der Waals surface area contributed by atoms with Crippen molar-refractivity contribution in [1.82, 2.24) is 10.2 Å². The summed E-state index contributed by atoms with van der Waals surface area (Å²) >= 11 is 6.00. The molecular formula is C18H19ClN4O2. The van der Waals surface area contributed by atoms with E-state index in [-0.39, 0.29) is 42.3 Å². The smallest absolute Gasteiger partial charge is 0.227 e. The first-order valence-corrected chi connectivity index (χ1v) is 8.99. The van der Waals surface area contributed by atoms with Gasteiger partial charge in [0.25, 0.3) is 0 Å². The van der Waals surface area contributed by atoms with Crippen LogP contribution >= 0.6 is 11.6 Å². The predicted octanol–water partition coefficient (Wildman–Crippen LogP) is 1.90. The number of carbonyl (C=O) groups is 2. The van der Waals surface area contributed by atoms with E-state index in [0.29, 0.717) is 11.6 Å². The summed E-state index contributed by atoms with van der Waals surface area (Å²) in [4.78, 5) is 28.4. The zero-order valence-corrected chi connectivity index (χ0v) is 14.4. The zero-order valence-electron chi connectivity index (χ0n) is 13.7. The highest BCUT2D eigenvalue weighted by molar-refractivity contribution is 6.31. The minimum Gasteiger partial charge on any atom is -0.351 e. The van der Waals surface area contributed by atoms with Crippen LogP contribution in [0.15, 0.2) is 24.3 Å². The second-order valence-corrected chi connectivity index (χ2v) is 7.48. The number of halogens is 1. The summed E-state index contributed by atoms with van der Waals surface area (Å²) in [5, 5.41) is 12.9. The Bertz CT molecular complexity index is 762. The number of nitrogens with one attached hydrogen (secondary N) is 1. The molecule has 3 aliphatic rings. The van der Waals surface area contributed by atoms with E-state index < -0.39 is 0 Å². The lowest BCUT2D eigenvalue weighted by molar-refractivity contribution is -0.127. The Labute approximate surface area is 151 Å². The van der Waals surface area contributed by atoms with Crippen LogP contribution in [-0.4, -0.2) is 41.4 Å². The second-order valence-electron chi connectivity index (χ2n) is 7.04. The van der Waals surface area contributed by atoms with Crippen LogP contribution < -0.4 is 10.2 Å². The van der Waals surface area contributed by atoms with Crippen LogP contribution in [0.1, 0.15) is 25.7 Å². The molecule has 0 radical (unpaired) electrons. The molecule has 3 aliphatic heterocycles. The Hall–Kier alpha value is -2.26. The molecule has 3 heterocycles. The normalized spacial score (nSPS) is 30.6.